The van der Waals surface area contributed by atoms with Gasteiger partial charge in [0.2, 0.25) is 5.60 Å². The lowest BCUT2D eigenvalue weighted by atomic mass is 9.66. The summed E-state index contributed by atoms with van der Waals surface area (Å²) in [4.78, 5) is 37.0. The van der Waals surface area contributed by atoms with Gasteiger partial charge in [0.05, 0.1) is 5.41 Å². The standard InChI is InChI=1S/C19H23NO5/c1-17(2)18(3)9-10-19(17,25-15(18)22)16(23)24-13(14(20)21)11-12-7-5-4-6-8-12/h4-8,13H,9-11H2,1-3H3,(H2,20,21)/t13-,18-,19+/m0/s1. The molecule has 2 fully saturated rings. The van der Waals surface area contributed by atoms with Crippen molar-refractivity contribution in [3.05, 3.63) is 35.9 Å². The number of rotatable bonds is 5. The molecule has 1 aliphatic carbocycles. The van der Waals surface area contributed by atoms with Gasteiger partial charge in [-0.1, -0.05) is 44.2 Å². The number of fused-ring (bicyclic) bond motifs is 2. The molecule has 1 amide bonds. The largest absolute Gasteiger partial charge is 0.449 e. The smallest absolute Gasteiger partial charge is 0.352 e. The van der Waals surface area contributed by atoms with Crippen molar-refractivity contribution in [1.82, 2.24) is 0 Å². The van der Waals surface area contributed by atoms with Gasteiger partial charge in [-0.3, -0.25) is 9.59 Å². The fraction of sp³-hybridized carbons (Fsp3) is 0.526. The molecule has 2 N–H and O–H groups in total. The summed E-state index contributed by atoms with van der Waals surface area (Å²) in [5.41, 5.74) is 3.45. The molecule has 0 spiro atoms. The molecule has 1 aromatic carbocycles. The van der Waals surface area contributed by atoms with Gasteiger partial charge in [-0.05, 0) is 25.3 Å². The van der Waals surface area contributed by atoms with Gasteiger partial charge in [-0.15, -0.1) is 0 Å². The fourth-order valence-electron chi connectivity index (χ4n) is 3.96. The number of esters is 2. The molecule has 1 aliphatic heterocycles. The van der Waals surface area contributed by atoms with Crippen molar-refractivity contribution < 1.29 is 23.9 Å². The molecular formula is C19H23NO5. The van der Waals surface area contributed by atoms with Crippen LogP contribution in [-0.2, 0) is 30.3 Å². The average molecular weight is 345 g/mol. The van der Waals surface area contributed by atoms with Crippen molar-refractivity contribution in [2.24, 2.45) is 16.6 Å². The lowest BCUT2D eigenvalue weighted by Crippen LogP contribution is -2.51. The third kappa shape index (κ3) is 2.34. The van der Waals surface area contributed by atoms with Crippen LogP contribution >= 0.6 is 0 Å². The average Bonchev–Trinajstić information content (AvgIpc) is 2.85. The zero-order valence-corrected chi connectivity index (χ0v) is 14.7. The van der Waals surface area contributed by atoms with Crippen molar-refractivity contribution in [2.45, 2.75) is 51.7 Å². The lowest BCUT2D eigenvalue weighted by molar-refractivity contribution is -0.187. The number of nitrogens with two attached hydrogens (primary N) is 1. The van der Waals surface area contributed by atoms with E-state index >= 15 is 0 Å². The Bertz CT molecular complexity index is 729. The first-order valence-corrected chi connectivity index (χ1v) is 8.42. The molecule has 0 radical (unpaired) electrons. The summed E-state index contributed by atoms with van der Waals surface area (Å²) in [6.45, 7) is 5.48. The molecule has 0 unspecified atom stereocenters. The number of carbonyl (C=O) groups is 3. The normalized spacial score (nSPS) is 30.6. The van der Waals surface area contributed by atoms with Crippen molar-refractivity contribution in [3.63, 3.8) is 0 Å². The highest BCUT2D eigenvalue weighted by atomic mass is 16.6. The quantitative estimate of drug-likeness (QED) is 0.820. The maximum absolute atomic E-state index is 12.9. The van der Waals surface area contributed by atoms with E-state index in [-0.39, 0.29) is 12.4 Å². The summed E-state index contributed by atoms with van der Waals surface area (Å²) in [5.74, 6) is -1.80. The van der Waals surface area contributed by atoms with Crippen LogP contribution in [0.3, 0.4) is 0 Å². The molecule has 1 aromatic rings. The number of amides is 1. The number of primary amides is 1. The van der Waals surface area contributed by atoms with Crippen molar-refractivity contribution in [3.8, 4) is 0 Å². The topological polar surface area (TPSA) is 95.7 Å². The van der Waals surface area contributed by atoms with E-state index in [4.69, 9.17) is 15.2 Å². The highest BCUT2D eigenvalue weighted by Crippen LogP contribution is 2.65. The van der Waals surface area contributed by atoms with E-state index < -0.39 is 34.4 Å². The van der Waals surface area contributed by atoms with Crippen LogP contribution in [0.5, 0.6) is 0 Å². The first-order chi connectivity index (χ1) is 11.6. The first kappa shape index (κ1) is 17.5. The Balaban J connectivity index is 1.83. The van der Waals surface area contributed by atoms with Gasteiger partial charge in [0.15, 0.2) is 6.10 Å². The molecule has 134 valence electrons. The molecule has 25 heavy (non-hydrogen) atoms. The van der Waals surface area contributed by atoms with Crippen molar-refractivity contribution >= 4 is 17.8 Å². The molecule has 3 rings (SSSR count). The van der Waals surface area contributed by atoms with Crippen LogP contribution < -0.4 is 5.73 Å². The molecule has 1 heterocycles. The minimum atomic E-state index is -1.36. The Morgan fingerprint density at radius 2 is 1.84 bits per heavy atom. The Hall–Kier alpha value is -2.37. The maximum atomic E-state index is 12.9. The van der Waals surface area contributed by atoms with Gasteiger partial charge in [0.1, 0.15) is 0 Å². The molecule has 0 aromatic heterocycles. The predicted molar refractivity (Wildman–Crippen MR) is 89.2 cm³/mol. The van der Waals surface area contributed by atoms with Crippen LogP contribution in [0.25, 0.3) is 0 Å². The van der Waals surface area contributed by atoms with Crippen LogP contribution in [0.15, 0.2) is 30.3 Å². The van der Waals surface area contributed by atoms with Crippen LogP contribution in [0.1, 0.15) is 39.2 Å². The monoisotopic (exact) mass is 345 g/mol. The van der Waals surface area contributed by atoms with E-state index in [2.05, 4.69) is 0 Å². The molecule has 2 bridgehead atoms. The fourth-order valence-corrected chi connectivity index (χ4v) is 3.96. The van der Waals surface area contributed by atoms with E-state index in [1.165, 1.54) is 0 Å². The Morgan fingerprint density at radius 1 is 1.20 bits per heavy atom. The van der Waals surface area contributed by atoms with E-state index in [0.29, 0.717) is 12.8 Å². The number of benzene rings is 1. The van der Waals surface area contributed by atoms with E-state index in [1.807, 2.05) is 51.1 Å². The highest BCUT2D eigenvalue weighted by Gasteiger charge is 2.76. The van der Waals surface area contributed by atoms with Gasteiger partial charge in [0.25, 0.3) is 5.91 Å². The summed E-state index contributed by atoms with van der Waals surface area (Å²) in [6, 6.07) is 9.17. The van der Waals surface area contributed by atoms with Crippen LogP contribution in [0.2, 0.25) is 0 Å². The zero-order chi connectivity index (χ0) is 18.5. The van der Waals surface area contributed by atoms with Gasteiger partial charge in [-0.2, -0.15) is 0 Å². The van der Waals surface area contributed by atoms with E-state index in [9.17, 15) is 14.4 Å². The summed E-state index contributed by atoms with van der Waals surface area (Å²) in [7, 11) is 0. The summed E-state index contributed by atoms with van der Waals surface area (Å²) in [6.07, 6.45) is 0.0151. The number of hydrogen-bond acceptors (Lipinski definition) is 5. The maximum Gasteiger partial charge on any atom is 0.352 e. The predicted octanol–water partition coefficient (Wildman–Crippen LogP) is 1.75. The number of ether oxygens (including phenoxy) is 2. The van der Waals surface area contributed by atoms with Gasteiger partial charge in [0, 0.05) is 11.8 Å². The molecular weight excluding hydrogens is 322 g/mol. The Kier molecular flexibility index (Phi) is 3.89. The third-order valence-electron chi connectivity index (χ3n) is 6.24. The zero-order valence-electron chi connectivity index (χ0n) is 14.7. The second-order valence-electron chi connectivity index (χ2n) is 7.66. The molecule has 2 aliphatic rings. The minimum absolute atomic E-state index is 0.184. The third-order valence-corrected chi connectivity index (χ3v) is 6.24. The summed E-state index contributed by atoms with van der Waals surface area (Å²) < 4.78 is 11.0. The molecule has 3 atom stereocenters. The van der Waals surface area contributed by atoms with Crippen LogP contribution in [0.4, 0.5) is 0 Å². The Labute approximate surface area is 146 Å². The van der Waals surface area contributed by atoms with Crippen LogP contribution in [-0.4, -0.2) is 29.6 Å². The molecule has 6 nitrogen and oxygen atoms in total. The van der Waals surface area contributed by atoms with Gasteiger partial charge in [-0.25, -0.2) is 4.79 Å². The summed E-state index contributed by atoms with van der Waals surface area (Å²) in [5, 5.41) is 0. The van der Waals surface area contributed by atoms with Crippen molar-refractivity contribution in [2.75, 3.05) is 0 Å². The second-order valence-corrected chi connectivity index (χ2v) is 7.66. The highest BCUT2D eigenvalue weighted by molar-refractivity contribution is 5.94. The van der Waals surface area contributed by atoms with E-state index in [0.717, 1.165) is 5.56 Å². The summed E-state index contributed by atoms with van der Waals surface area (Å²) >= 11 is 0. The SMILES string of the molecule is CC1(C)[C@@]2(C)CC[C@]1(C(=O)O[C@@H](Cc1ccccc1)C(N)=O)OC2=O. The van der Waals surface area contributed by atoms with Crippen LogP contribution in [0, 0.1) is 10.8 Å². The lowest BCUT2D eigenvalue weighted by Gasteiger charge is -2.35. The molecule has 6 heteroatoms. The van der Waals surface area contributed by atoms with Gasteiger partial charge >= 0.3 is 11.9 Å². The number of carbonyl (C=O) groups excluding carboxylic acids is 3. The Morgan fingerprint density at radius 3 is 2.32 bits per heavy atom. The second kappa shape index (κ2) is 5.58. The van der Waals surface area contributed by atoms with Crippen molar-refractivity contribution in [1.29, 1.82) is 0 Å². The molecule has 1 saturated heterocycles. The first-order valence-electron chi connectivity index (χ1n) is 8.42. The van der Waals surface area contributed by atoms with Gasteiger partial charge < -0.3 is 15.2 Å². The van der Waals surface area contributed by atoms with E-state index in [1.54, 1.807) is 0 Å². The molecule has 1 saturated carbocycles. The minimum Gasteiger partial charge on any atom is -0.449 e. The number of hydrogen-bond donors (Lipinski definition) is 1.